The number of amides is 2. The number of aryl methyl sites for hydroxylation is 2. The van der Waals surface area contributed by atoms with E-state index in [1.165, 1.54) is 12.1 Å². The van der Waals surface area contributed by atoms with E-state index in [4.69, 9.17) is 4.42 Å². The van der Waals surface area contributed by atoms with E-state index < -0.39 is 5.82 Å². The molecule has 2 aliphatic heterocycles. The monoisotopic (exact) mass is 385 g/mol. The number of rotatable bonds is 2. The minimum Gasteiger partial charge on any atom is -0.469 e. The largest absolute Gasteiger partial charge is 0.469 e. The summed E-state index contributed by atoms with van der Waals surface area (Å²) in [5, 5.41) is 6.40. The number of Topliss-reactive ketones (excluding diaryl/α,β-unsaturated/α-hetero) is 1. The van der Waals surface area contributed by atoms with Gasteiger partial charge in [0.2, 0.25) is 0 Å². The Balaban J connectivity index is 1.37. The molecule has 1 spiro atoms. The van der Waals surface area contributed by atoms with Crippen molar-refractivity contribution in [2.45, 2.75) is 45.2 Å². The molecule has 0 unspecified atom stereocenters. The first-order chi connectivity index (χ1) is 13.4. The van der Waals surface area contributed by atoms with Crippen LogP contribution in [-0.4, -0.2) is 35.3 Å². The van der Waals surface area contributed by atoms with Gasteiger partial charge in [-0.2, -0.15) is 0 Å². The number of carbonyl (C=O) groups excluding carboxylic acids is 2. The summed E-state index contributed by atoms with van der Waals surface area (Å²) in [4.78, 5) is 26.8. The van der Waals surface area contributed by atoms with Crippen LogP contribution >= 0.6 is 0 Å². The zero-order chi connectivity index (χ0) is 19.9. The summed E-state index contributed by atoms with van der Waals surface area (Å²) in [6, 6.07) is 4.16. The maximum atomic E-state index is 13.4. The number of piperidine rings is 1. The molecule has 1 aromatic carbocycles. The fourth-order valence-electron chi connectivity index (χ4n) is 4.16. The molecule has 7 heteroatoms. The molecule has 0 bridgehead atoms. The van der Waals surface area contributed by atoms with E-state index in [-0.39, 0.29) is 17.4 Å². The molecule has 3 heterocycles. The maximum absolute atomic E-state index is 13.4. The standard InChI is InChI=1S/C21H24FN3O3/c1-13-12-28-14(2)17(13)11-23-20(27)25-7-5-21(6-8-25)10-19(26)16-9-15(22)3-4-18(16)24-21/h3-4,9,12,24H,5-8,10-11H2,1-2H3,(H,23,27). The van der Waals surface area contributed by atoms with E-state index >= 15 is 0 Å². The number of fused-ring (bicyclic) bond motifs is 1. The normalized spacial score (nSPS) is 18.0. The molecule has 1 saturated heterocycles. The lowest BCUT2D eigenvalue weighted by Gasteiger charge is -2.45. The van der Waals surface area contributed by atoms with Crippen molar-refractivity contribution in [3.05, 3.63) is 52.7 Å². The summed E-state index contributed by atoms with van der Waals surface area (Å²) >= 11 is 0. The van der Waals surface area contributed by atoms with E-state index in [0.29, 0.717) is 50.1 Å². The predicted molar refractivity (Wildman–Crippen MR) is 103 cm³/mol. The van der Waals surface area contributed by atoms with Gasteiger partial charge in [0.15, 0.2) is 5.78 Å². The van der Waals surface area contributed by atoms with Crippen LogP contribution in [0.15, 0.2) is 28.9 Å². The van der Waals surface area contributed by atoms with Gasteiger partial charge in [0.1, 0.15) is 11.6 Å². The minimum absolute atomic E-state index is 0.0444. The van der Waals surface area contributed by atoms with E-state index in [2.05, 4.69) is 10.6 Å². The predicted octanol–water partition coefficient (Wildman–Crippen LogP) is 3.78. The van der Waals surface area contributed by atoms with Crippen molar-refractivity contribution in [1.82, 2.24) is 10.2 Å². The number of halogens is 1. The molecule has 2 aliphatic rings. The third kappa shape index (κ3) is 3.37. The van der Waals surface area contributed by atoms with Crippen molar-refractivity contribution in [1.29, 1.82) is 0 Å². The number of carbonyl (C=O) groups is 2. The summed E-state index contributed by atoms with van der Waals surface area (Å²) in [5.41, 5.74) is 2.76. The van der Waals surface area contributed by atoms with Gasteiger partial charge in [-0.05, 0) is 50.5 Å². The van der Waals surface area contributed by atoms with Crippen LogP contribution in [-0.2, 0) is 6.54 Å². The maximum Gasteiger partial charge on any atom is 0.317 e. The highest BCUT2D eigenvalue weighted by atomic mass is 19.1. The second-order valence-corrected chi connectivity index (χ2v) is 7.79. The van der Waals surface area contributed by atoms with Gasteiger partial charge in [-0.1, -0.05) is 0 Å². The van der Waals surface area contributed by atoms with Crippen molar-refractivity contribution < 1.29 is 18.4 Å². The Morgan fingerprint density at radius 2 is 2.07 bits per heavy atom. The van der Waals surface area contributed by atoms with E-state index in [0.717, 1.165) is 16.9 Å². The van der Waals surface area contributed by atoms with Gasteiger partial charge in [0.05, 0.1) is 6.26 Å². The number of furan rings is 1. The number of benzene rings is 1. The summed E-state index contributed by atoms with van der Waals surface area (Å²) in [7, 11) is 0. The molecule has 0 radical (unpaired) electrons. The van der Waals surface area contributed by atoms with Crippen LogP contribution in [0.4, 0.5) is 14.9 Å². The Morgan fingerprint density at radius 1 is 1.32 bits per heavy atom. The second-order valence-electron chi connectivity index (χ2n) is 7.79. The van der Waals surface area contributed by atoms with Crippen molar-refractivity contribution in [3.63, 3.8) is 0 Å². The number of nitrogens with one attached hydrogen (secondary N) is 2. The van der Waals surface area contributed by atoms with Gasteiger partial charge in [0.25, 0.3) is 0 Å². The third-order valence-electron chi connectivity index (χ3n) is 5.92. The van der Waals surface area contributed by atoms with E-state index in [1.54, 1.807) is 17.2 Å². The van der Waals surface area contributed by atoms with Gasteiger partial charge >= 0.3 is 6.03 Å². The molecule has 148 valence electrons. The fraction of sp³-hybridized carbons (Fsp3) is 0.429. The van der Waals surface area contributed by atoms with Gasteiger partial charge < -0.3 is 20.0 Å². The molecule has 2 N–H and O–H groups in total. The lowest BCUT2D eigenvalue weighted by Crippen LogP contribution is -2.55. The zero-order valence-electron chi connectivity index (χ0n) is 16.1. The number of ketones is 1. The van der Waals surface area contributed by atoms with Crippen molar-refractivity contribution in [3.8, 4) is 0 Å². The summed E-state index contributed by atoms with van der Waals surface area (Å²) in [6.07, 6.45) is 3.36. The van der Waals surface area contributed by atoms with Crippen LogP contribution in [0.2, 0.25) is 0 Å². The highest BCUT2D eigenvalue weighted by molar-refractivity contribution is 6.04. The number of likely N-dealkylation sites (tertiary alicyclic amines) is 1. The molecule has 6 nitrogen and oxygen atoms in total. The molecular weight excluding hydrogens is 361 g/mol. The molecule has 2 amide bonds. The zero-order valence-corrected chi connectivity index (χ0v) is 16.1. The number of nitrogens with zero attached hydrogens (tertiary/aromatic N) is 1. The Morgan fingerprint density at radius 3 is 2.75 bits per heavy atom. The van der Waals surface area contributed by atoms with Crippen LogP contribution in [0.1, 0.15) is 46.5 Å². The van der Waals surface area contributed by atoms with Crippen molar-refractivity contribution in [2.75, 3.05) is 18.4 Å². The van der Waals surface area contributed by atoms with Crippen molar-refractivity contribution in [2.24, 2.45) is 0 Å². The lowest BCUT2D eigenvalue weighted by atomic mass is 9.78. The molecule has 0 saturated carbocycles. The Hall–Kier alpha value is -2.83. The SMILES string of the molecule is Cc1coc(C)c1CNC(=O)N1CCC2(CC1)CC(=O)c1cc(F)ccc1N2. The minimum atomic E-state index is -0.403. The average Bonchev–Trinajstić information content (AvgIpc) is 2.99. The summed E-state index contributed by atoms with van der Waals surface area (Å²) < 4.78 is 18.8. The number of urea groups is 1. The first-order valence-corrected chi connectivity index (χ1v) is 9.54. The van der Waals surface area contributed by atoms with E-state index in [9.17, 15) is 14.0 Å². The van der Waals surface area contributed by atoms with Crippen LogP contribution in [0.25, 0.3) is 0 Å². The van der Waals surface area contributed by atoms with Gasteiger partial charge in [0, 0.05) is 48.4 Å². The Labute approximate surface area is 163 Å². The third-order valence-corrected chi connectivity index (χ3v) is 5.92. The highest BCUT2D eigenvalue weighted by Crippen LogP contribution is 2.37. The Bertz CT molecular complexity index is 909. The summed E-state index contributed by atoms with van der Waals surface area (Å²) in [6.45, 7) is 5.40. The smallest absolute Gasteiger partial charge is 0.317 e. The summed E-state index contributed by atoms with van der Waals surface area (Å²) in [5.74, 6) is 0.368. The van der Waals surface area contributed by atoms with Gasteiger partial charge in [-0.15, -0.1) is 0 Å². The average molecular weight is 385 g/mol. The quantitative estimate of drug-likeness (QED) is 0.825. The second kappa shape index (κ2) is 6.96. The molecule has 0 atom stereocenters. The Kier molecular flexibility index (Phi) is 4.61. The molecule has 4 rings (SSSR count). The molecule has 1 fully saturated rings. The molecule has 0 aliphatic carbocycles. The molecule has 2 aromatic rings. The molecular formula is C21H24FN3O3. The van der Waals surface area contributed by atoms with Gasteiger partial charge in [-0.25, -0.2) is 9.18 Å². The van der Waals surface area contributed by atoms with Crippen molar-refractivity contribution >= 4 is 17.5 Å². The number of hydrogen-bond donors (Lipinski definition) is 2. The first-order valence-electron chi connectivity index (χ1n) is 9.54. The van der Waals surface area contributed by atoms with Crippen LogP contribution in [0.5, 0.6) is 0 Å². The lowest BCUT2D eigenvalue weighted by molar-refractivity contribution is 0.0915. The highest BCUT2D eigenvalue weighted by Gasteiger charge is 2.41. The topological polar surface area (TPSA) is 74.6 Å². The van der Waals surface area contributed by atoms with Crippen LogP contribution in [0.3, 0.4) is 0 Å². The van der Waals surface area contributed by atoms with E-state index in [1.807, 2.05) is 13.8 Å². The molecule has 28 heavy (non-hydrogen) atoms. The number of anilines is 1. The fourth-order valence-corrected chi connectivity index (χ4v) is 4.16. The number of hydrogen-bond acceptors (Lipinski definition) is 4. The molecule has 1 aromatic heterocycles. The van der Waals surface area contributed by atoms with Crippen LogP contribution in [0, 0.1) is 19.7 Å². The van der Waals surface area contributed by atoms with Crippen LogP contribution < -0.4 is 10.6 Å². The first kappa shape index (κ1) is 18.5. The van der Waals surface area contributed by atoms with Gasteiger partial charge in [-0.3, -0.25) is 4.79 Å².